The van der Waals surface area contributed by atoms with E-state index in [0.29, 0.717) is 15.6 Å². The van der Waals surface area contributed by atoms with E-state index in [2.05, 4.69) is 0 Å². The van der Waals surface area contributed by atoms with Crippen molar-refractivity contribution in [2.75, 3.05) is 0 Å². The van der Waals surface area contributed by atoms with Gasteiger partial charge in [-0.15, -0.1) is 0 Å². The molecule has 1 heterocycles. The Balaban J connectivity index is 2.73. The van der Waals surface area contributed by atoms with E-state index in [1.54, 1.807) is 12.1 Å². The van der Waals surface area contributed by atoms with Crippen molar-refractivity contribution in [3.05, 3.63) is 51.9 Å². The van der Waals surface area contributed by atoms with E-state index < -0.39 is 4.92 Å². The van der Waals surface area contributed by atoms with Crippen molar-refractivity contribution < 1.29 is 9.65 Å². The molecule has 0 amide bonds. The lowest BCUT2D eigenvalue weighted by Gasteiger charge is -1.99. The highest BCUT2D eigenvalue weighted by molar-refractivity contribution is 5.78. The van der Waals surface area contributed by atoms with Gasteiger partial charge in [0.05, 0.1) is 10.3 Å². The minimum Gasteiger partial charge on any atom is -0.618 e. The normalized spacial score (nSPS) is 10.3. The Morgan fingerprint density at radius 1 is 1.29 bits per heavy atom. The van der Waals surface area contributed by atoms with Crippen LogP contribution in [0.2, 0.25) is 0 Å². The minimum atomic E-state index is -0.485. The molecule has 2 rings (SSSR count). The standard InChI is InChI=1S/C9H6N2O3/c12-10-5-1-2-7-6-8(11(13)14)3-4-9(7)10/h1-6H. The molecule has 0 aliphatic rings. The van der Waals surface area contributed by atoms with E-state index in [9.17, 15) is 15.3 Å². The van der Waals surface area contributed by atoms with Crippen LogP contribution in [0.4, 0.5) is 5.69 Å². The number of hydrogen-bond donors (Lipinski definition) is 0. The van der Waals surface area contributed by atoms with Crippen LogP contribution < -0.4 is 4.73 Å². The third-order valence-electron chi connectivity index (χ3n) is 1.96. The molecule has 2 aromatic rings. The maximum atomic E-state index is 11.2. The molecule has 0 saturated heterocycles. The van der Waals surface area contributed by atoms with Gasteiger partial charge in [-0.25, -0.2) is 0 Å². The first-order valence-electron chi connectivity index (χ1n) is 3.95. The highest BCUT2D eigenvalue weighted by Crippen LogP contribution is 2.17. The summed E-state index contributed by atoms with van der Waals surface area (Å²) in [6.45, 7) is 0. The second-order valence-electron chi connectivity index (χ2n) is 2.83. The second-order valence-corrected chi connectivity index (χ2v) is 2.83. The average molecular weight is 190 g/mol. The van der Waals surface area contributed by atoms with Crippen molar-refractivity contribution in [3.63, 3.8) is 0 Å². The molecule has 70 valence electrons. The number of rotatable bonds is 1. The Hall–Kier alpha value is -2.17. The number of nitro groups is 1. The molecule has 0 bridgehead atoms. The monoisotopic (exact) mass is 190 g/mol. The fraction of sp³-hybridized carbons (Fsp3) is 0. The lowest BCUT2D eigenvalue weighted by molar-refractivity contribution is -0.577. The fourth-order valence-corrected chi connectivity index (χ4v) is 1.29. The van der Waals surface area contributed by atoms with Crippen LogP contribution in [0.5, 0.6) is 0 Å². The van der Waals surface area contributed by atoms with Crippen LogP contribution in [0.15, 0.2) is 36.5 Å². The molecule has 5 heteroatoms. The number of nitro benzene ring substituents is 1. The summed E-state index contributed by atoms with van der Waals surface area (Å²) in [6.07, 6.45) is 1.36. The summed E-state index contributed by atoms with van der Waals surface area (Å²) in [7, 11) is 0. The molecule has 0 N–H and O–H groups in total. The van der Waals surface area contributed by atoms with Gasteiger partial charge < -0.3 is 5.21 Å². The number of non-ortho nitro benzene ring substituents is 1. The highest BCUT2D eigenvalue weighted by Gasteiger charge is 2.09. The van der Waals surface area contributed by atoms with Crippen LogP contribution in [-0.2, 0) is 0 Å². The van der Waals surface area contributed by atoms with E-state index in [1.165, 1.54) is 24.4 Å². The average Bonchev–Trinajstić information content (AvgIpc) is 2.17. The van der Waals surface area contributed by atoms with E-state index in [-0.39, 0.29) is 5.69 Å². The van der Waals surface area contributed by atoms with Crippen LogP contribution in [0, 0.1) is 15.3 Å². The summed E-state index contributed by atoms with van der Waals surface area (Å²) in [5.74, 6) is 0. The molecule has 5 nitrogen and oxygen atoms in total. The van der Waals surface area contributed by atoms with Crippen molar-refractivity contribution in [2.45, 2.75) is 0 Å². The summed E-state index contributed by atoms with van der Waals surface area (Å²) >= 11 is 0. The fourth-order valence-electron chi connectivity index (χ4n) is 1.29. The Labute approximate surface area is 78.9 Å². The molecule has 0 radical (unpaired) electrons. The van der Waals surface area contributed by atoms with E-state index in [4.69, 9.17) is 0 Å². The predicted molar refractivity (Wildman–Crippen MR) is 49.6 cm³/mol. The molecule has 0 fully saturated rings. The van der Waals surface area contributed by atoms with Gasteiger partial charge in [-0.3, -0.25) is 10.1 Å². The van der Waals surface area contributed by atoms with Gasteiger partial charge in [0.15, 0.2) is 6.20 Å². The van der Waals surface area contributed by atoms with Gasteiger partial charge in [0.2, 0.25) is 5.52 Å². The van der Waals surface area contributed by atoms with Crippen molar-refractivity contribution in [1.82, 2.24) is 0 Å². The van der Waals surface area contributed by atoms with Crippen molar-refractivity contribution in [3.8, 4) is 0 Å². The van der Waals surface area contributed by atoms with Crippen LogP contribution in [0.1, 0.15) is 0 Å². The minimum absolute atomic E-state index is 0.0105. The highest BCUT2D eigenvalue weighted by atomic mass is 16.6. The zero-order valence-corrected chi connectivity index (χ0v) is 7.08. The van der Waals surface area contributed by atoms with Crippen molar-refractivity contribution >= 4 is 16.6 Å². The number of nitrogens with zero attached hydrogens (tertiary/aromatic N) is 2. The molecule has 1 aromatic carbocycles. The number of pyridine rings is 1. The first kappa shape index (κ1) is 8.43. The molecule has 1 aromatic heterocycles. The molecular formula is C9H6N2O3. The first-order chi connectivity index (χ1) is 6.68. The lowest BCUT2D eigenvalue weighted by Crippen LogP contribution is -2.25. The Kier molecular flexibility index (Phi) is 1.78. The molecule has 0 atom stereocenters. The molecule has 0 aliphatic carbocycles. The van der Waals surface area contributed by atoms with Crippen molar-refractivity contribution in [2.24, 2.45) is 0 Å². The number of aromatic nitrogens is 1. The summed E-state index contributed by atoms with van der Waals surface area (Å²) in [4.78, 5) is 9.97. The summed E-state index contributed by atoms with van der Waals surface area (Å²) in [6, 6.07) is 7.36. The molecule has 0 spiro atoms. The maximum Gasteiger partial charge on any atom is 0.270 e. The second kappa shape index (κ2) is 2.95. The van der Waals surface area contributed by atoms with E-state index in [0.717, 1.165) is 0 Å². The Morgan fingerprint density at radius 2 is 2.07 bits per heavy atom. The van der Waals surface area contributed by atoms with Gasteiger partial charge in [0.1, 0.15) is 0 Å². The summed E-state index contributed by atoms with van der Waals surface area (Å²) in [5.41, 5.74) is 0.418. The van der Waals surface area contributed by atoms with Crippen molar-refractivity contribution in [1.29, 1.82) is 0 Å². The topological polar surface area (TPSA) is 70.1 Å². The van der Waals surface area contributed by atoms with Crippen LogP contribution in [-0.4, -0.2) is 4.92 Å². The lowest BCUT2D eigenvalue weighted by atomic mass is 10.2. The van der Waals surface area contributed by atoms with Gasteiger partial charge in [0.25, 0.3) is 5.69 Å². The smallest absolute Gasteiger partial charge is 0.270 e. The Morgan fingerprint density at radius 3 is 2.79 bits per heavy atom. The largest absolute Gasteiger partial charge is 0.618 e. The molecular weight excluding hydrogens is 184 g/mol. The molecule has 0 aliphatic heterocycles. The van der Waals surface area contributed by atoms with Gasteiger partial charge in [-0.05, 0) is 6.07 Å². The SMILES string of the molecule is O=[N+]([O-])c1ccc2c(ccc[n+]2[O-])c1. The predicted octanol–water partition coefficient (Wildman–Crippen LogP) is 1.38. The van der Waals surface area contributed by atoms with Gasteiger partial charge in [0, 0.05) is 24.3 Å². The van der Waals surface area contributed by atoms with Gasteiger partial charge >= 0.3 is 0 Å². The van der Waals surface area contributed by atoms with E-state index >= 15 is 0 Å². The quantitative estimate of drug-likeness (QED) is 0.295. The molecule has 0 unspecified atom stereocenters. The van der Waals surface area contributed by atoms with Crippen LogP contribution in [0.3, 0.4) is 0 Å². The number of fused-ring (bicyclic) bond motifs is 1. The summed E-state index contributed by atoms with van der Waals surface area (Å²) in [5, 5.41) is 22.2. The third kappa shape index (κ3) is 1.24. The maximum absolute atomic E-state index is 11.2. The number of benzene rings is 1. The zero-order chi connectivity index (χ0) is 10.1. The van der Waals surface area contributed by atoms with Crippen LogP contribution in [0.25, 0.3) is 10.9 Å². The number of hydrogen-bond acceptors (Lipinski definition) is 3. The van der Waals surface area contributed by atoms with Crippen LogP contribution >= 0.6 is 0 Å². The molecule has 0 saturated carbocycles. The zero-order valence-electron chi connectivity index (χ0n) is 7.08. The first-order valence-corrected chi connectivity index (χ1v) is 3.95. The Bertz CT molecular complexity index is 510. The van der Waals surface area contributed by atoms with Gasteiger partial charge in [-0.1, -0.05) is 0 Å². The van der Waals surface area contributed by atoms with Gasteiger partial charge in [-0.2, -0.15) is 4.73 Å². The third-order valence-corrected chi connectivity index (χ3v) is 1.96. The molecule has 14 heavy (non-hydrogen) atoms. The summed E-state index contributed by atoms with van der Waals surface area (Å²) < 4.78 is 0.680. The van der Waals surface area contributed by atoms with E-state index in [1.807, 2.05) is 0 Å².